The monoisotopic (exact) mass is 504 g/mol. The molecule has 0 amide bonds. The first-order chi connectivity index (χ1) is 10.8. The van der Waals surface area contributed by atoms with Crippen molar-refractivity contribution in [3.05, 3.63) is 26.1 Å². The Morgan fingerprint density at radius 3 is 2.78 bits per heavy atom. The van der Waals surface area contributed by atoms with Crippen molar-refractivity contribution in [1.82, 2.24) is 0 Å². The van der Waals surface area contributed by atoms with Crippen molar-refractivity contribution in [3.8, 4) is 5.75 Å². The number of carbonyl (C=O) groups is 1. The van der Waals surface area contributed by atoms with Crippen LogP contribution in [0.5, 0.6) is 5.75 Å². The van der Waals surface area contributed by atoms with E-state index in [1.807, 2.05) is 0 Å². The van der Waals surface area contributed by atoms with E-state index in [4.69, 9.17) is 0 Å². The van der Waals surface area contributed by atoms with Gasteiger partial charge < -0.3 is 5.11 Å². The Morgan fingerprint density at radius 2 is 2.04 bits per heavy atom. The fraction of sp³-hybridized carbons (Fsp3) is 0.611. The highest BCUT2D eigenvalue weighted by atomic mass is 79.9. The largest absolute Gasteiger partial charge is 0.506 e. The van der Waals surface area contributed by atoms with Gasteiger partial charge in [-0.15, -0.1) is 0 Å². The molecule has 0 bridgehead atoms. The van der Waals surface area contributed by atoms with Crippen molar-refractivity contribution in [3.63, 3.8) is 0 Å². The highest BCUT2D eigenvalue weighted by molar-refractivity contribution is 9.11. The summed E-state index contributed by atoms with van der Waals surface area (Å²) in [5, 5.41) is 10.2. The Labute approximate surface area is 161 Å². The Bertz CT molecular complexity index is 702. The number of carbonyl (C=O) groups excluding carboxylic acids is 1. The van der Waals surface area contributed by atoms with E-state index in [2.05, 4.69) is 60.8 Å². The Morgan fingerprint density at radius 1 is 1.30 bits per heavy atom. The molecule has 0 heterocycles. The van der Waals surface area contributed by atoms with Crippen molar-refractivity contribution in [2.24, 2.45) is 17.3 Å². The van der Waals surface area contributed by atoms with Crippen molar-refractivity contribution in [1.29, 1.82) is 0 Å². The van der Waals surface area contributed by atoms with Gasteiger partial charge in [0.2, 0.25) is 0 Å². The first-order valence-electron chi connectivity index (χ1n) is 8.22. The molecule has 3 aliphatic carbocycles. The highest BCUT2D eigenvalue weighted by Gasteiger charge is 2.57. The predicted octanol–water partition coefficient (Wildman–Crippen LogP) is 5.72. The number of rotatable bonds is 0. The third-order valence-corrected chi connectivity index (χ3v) is 8.84. The van der Waals surface area contributed by atoms with E-state index in [1.54, 1.807) is 0 Å². The summed E-state index contributed by atoms with van der Waals surface area (Å²) in [6.07, 6.45) is 5.12. The molecular formula is C18H19Br3O2. The number of hydrogen-bond acceptors (Lipinski definition) is 2. The molecule has 5 atom stereocenters. The van der Waals surface area contributed by atoms with Gasteiger partial charge in [0.05, 0.1) is 13.8 Å². The minimum absolute atomic E-state index is 0.0379. The molecule has 2 nitrogen and oxygen atoms in total. The van der Waals surface area contributed by atoms with E-state index in [0.717, 1.165) is 41.0 Å². The van der Waals surface area contributed by atoms with Gasteiger partial charge >= 0.3 is 0 Å². The van der Waals surface area contributed by atoms with Crippen LogP contribution < -0.4 is 0 Å². The molecular weight excluding hydrogens is 488 g/mol. The Balaban J connectivity index is 1.77. The zero-order chi connectivity index (χ0) is 16.5. The second kappa shape index (κ2) is 5.57. The number of Topliss-reactive ketones (excluding diaryl/α,β-unsaturated/α-hetero) is 1. The molecule has 0 aromatic heterocycles. The number of halogens is 3. The quantitative estimate of drug-likeness (QED) is 0.457. The Kier molecular flexibility index (Phi) is 4.02. The topological polar surface area (TPSA) is 37.3 Å². The van der Waals surface area contributed by atoms with Gasteiger partial charge in [0.25, 0.3) is 0 Å². The smallest absolute Gasteiger partial charge is 0.152 e. The average Bonchev–Trinajstić information content (AvgIpc) is 2.76. The van der Waals surface area contributed by atoms with Crippen LogP contribution in [0.15, 0.2) is 15.0 Å². The summed E-state index contributed by atoms with van der Waals surface area (Å²) in [6.45, 7) is 2.19. The number of ketones is 1. The van der Waals surface area contributed by atoms with E-state index in [1.165, 1.54) is 11.1 Å². The highest BCUT2D eigenvalue weighted by Crippen LogP contribution is 2.61. The van der Waals surface area contributed by atoms with Gasteiger partial charge in [-0.25, -0.2) is 0 Å². The fourth-order valence-corrected chi connectivity index (χ4v) is 7.66. The van der Waals surface area contributed by atoms with Gasteiger partial charge in [-0.2, -0.15) is 0 Å². The SMILES string of the molecule is C[C@]12CC[C@@H]3c4cc(Br)c(O)c(Br)c4CC[C@H]3[C@@H]1C[C@@H](Br)C2=O. The first kappa shape index (κ1) is 16.6. The molecule has 0 spiro atoms. The van der Waals surface area contributed by atoms with Crippen LogP contribution in [-0.4, -0.2) is 15.7 Å². The summed E-state index contributed by atoms with van der Waals surface area (Å²) in [6, 6.07) is 2.11. The lowest BCUT2D eigenvalue weighted by Gasteiger charge is -2.48. The number of aromatic hydroxyl groups is 1. The number of benzene rings is 1. The number of phenolic OH excluding ortho intramolecular Hbond substituents is 1. The molecule has 2 saturated carbocycles. The lowest BCUT2D eigenvalue weighted by Crippen LogP contribution is -2.42. The summed E-state index contributed by atoms with van der Waals surface area (Å²) in [4.78, 5) is 12.7. The summed E-state index contributed by atoms with van der Waals surface area (Å²) in [7, 11) is 0. The predicted molar refractivity (Wildman–Crippen MR) is 101 cm³/mol. The third-order valence-electron chi connectivity index (χ3n) is 6.59. The molecule has 5 heteroatoms. The Hall–Kier alpha value is 0.130. The van der Waals surface area contributed by atoms with Crippen molar-refractivity contribution >= 4 is 53.6 Å². The maximum absolute atomic E-state index is 12.6. The standard InChI is InChI=1S/C18H19Br3O2/c1-18-5-4-8-9(12(18)7-14(20)17(18)23)2-3-10-11(8)6-13(19)16(22)15(10)21/h6,8-9,12,14,22H,2-5,7H2,1H3/t8-,9+,12-,14+,18-/m0/s1. The number of phenols is 1. The van der Waals surface area contributed by atoms with Crippen LogP contribution in [0.2, 0.25) is 0 Å². The molecule has 1 aromatic rings. The van der Waals surface area contributed by atoms with Crippen molar-refractivity contribution < 1.29 is 9.90 Å². The van der Waals surface area contributed by atoms with Crippen molar-refractivity contribution in [2.75, 3.05) is 0 Å². The summed E-state index contributed by atoms with van der Waals surface area (Å²) in [5.74, 6) is 2.29. The zero-order valence-electron chi connectivity index (χ0n) is 12.9. The molecule has 1 aromatic carbocycles. The van der Waals surface area contributed by atoms with E-state index in [-0.39, 0.29) is 10.2 Å². The first-order valence-corrected chi connectivity index (χ1v) is 10.7. The van der Waals surface area contributed by atoms with Gasteiger partial charge in [0.15, 0.2) is 5.78 Å². The molecule has 0 radical (unpaired) electrons. The molecule has 23 heavy (non-hydrogen) atoms. The lowest BCUT2D eigenvalue weighted by atomic mass is 9.55. The van der Waals surface area contributed by atoms with Crippen LogP contribution in [-0.2, 0) is 11.2 Å². The summed E-state index contributed by atoms with van der Waals surface area (Å²) in [5.41, 5.74) is 2.48. The van der Waals surface area contributed by atoms with Gasteiger partial charge in [-0.3, -0.25) is 4.79 Å². The van der Waals surface area contributed by atoms with Gasteiger partial charge in [0.1, 0.15) is 5.75 Å². The molecule has 4 rings (SSSR count). The molecule has 0 aliphatic heterocycles. The van der Waals surface area contributed by atoms with E-state index < -0.39 is 0 Å². The zero-order valence-corrected chi connectivity index (χ0v) is 17.7. The third kappa shape index (κ3) is 2.25. The molecule has 0 unspecified atom stereocenters. The van der Waals surface area contributed by atoms with Crippen LogP contribution in [0.3, 0.4) is 0 Å². The molecule has 3 aliphatic rings. The second-order valence-corrected chi connectivity index (χ2v) is 10.3. The van der Waals surface area contributed by atoms with Crippen LogP contribution in [0, 0.1) is 17.3 Å². The van der Waals surface area contributed by atoms with E-state index in [0.29, 0.717) is 29.3 Å². The molecule has 2 fully saturated rings. The van der Waals surface area contributed by atoms with Gasteiger partial charge in [0, 0.05) is 5.41 Å². The average molecular weight is 507 g/mol. The maximum Gasteiger partial charge on any atom is 0.152 e. The lowest BCUT2D eigenvalue weighted by molar-refractivity contribution is -0.128. The van der Waals surface area contributed by atoms with Crippen LogP contribution in [0.25, 0.3) is 0 Å². The number of alkyl halides is 1. The maximum atomic E-state index is 12.6. The fourth-order valence-electron chi connectivity index (χ4n) is 5.39. The van der Waals surface area contributed by atoms with Crippen LogP contribution in [0.4, 0.5) is 0 Å². The van der Waals surface area contributed by atoms with Gasteiger partial charge in [-0.1, -0.05) is 22.9 Å². The summed E-state index contributed by atoms with van der Waals surface area (Å²) < 4.78 is 1.60. The van der Waals surface area contributed by atoms with E-state index in [9.17, 15) is 9.90 Å². The van der Waals surface area contributed by atoms with Gasteiger partial charge in [-0.05, 0) is 98.9 Å². The normalized spacial score (nSPS) is 38.9. The molecule has 1 N–H and O–H groups in total. The van der Waals surface area contributed by atoms with E-state index >= 15 is 0 Å². The second-order valence-electron chi connectivity index (χ2n) is 7.53. The summed E-state index contributed by atoms with van der Waals surface area (Å²) >= 11 is 10.7. The van der Waals surface area contributed by atoms with Crippen molar-refractivity contribution in [2.45, 2.75) is 49.8 Å². The minimum Gasteiger partial charge on any atom is -0.506 e. The minimum atomic E-state index is -0.141. The van der Waals surface area contributed by atoms with Crippen LogP contribution in [0.1, 0.15) is 49.7 Å². The number of hydrogen-bond donors (Lipinski definition) is 1. The molecule has 124 valence electrons. The van der Waals surface area contributed by atoms with Crippen LogP contribution >= 0.6 is 47.8 Å². The number of fused-ring (bicyclic) bond motifs is 5. The molecule has 0 saturated heterocycles.